The van der Waals surface area contributed by atoms with Crippen LogP contribution in [0.25, 0.3) is 11.3 Å². The van der Waals surface area contributed by atoms with Gasteiger partial charge >= 0.3 is 12.1 Å². The highest BCUT2D eigenvalue weighted by Gasteiger charge is 2.30. The van der Waals surface area contributed by atoms with Crippen LogP contribution in [0, 0.1) is 24.2 Å². The summed E-state index contributed by atoms with van der Waals surface area (Å²) in [6.07, 6.45) is -0.226. The fourth-order valence-corrected chi connectivity index (χ4v) is 3.64. The van der Waals surface area contributed by atoms with Crippen LogP contribution in [0.2, 0.25) is 5.02 Å². The molecule has 3 aromatic rings. The number of hydrogen-bond donors (Lipinski definition) is 0. The van der Waals surface area contributed by atoms with Gasteiger partial charge in [-0.1, -0.05) is 40.7 Å². The number of halogens is 1. The van der Waals surface area contributed by atoms with Crippen LogP contribution < -0.4 is 4.90 Å². The fourth-order valence-electron chi connectivity index (χ4n) is 3.42. The number of para-hydroxylation sites is 1. The van der Waals surface area contributed by atoms with Crippen LogP contribution in [0.4, 0.5) is 16.2 Å². The van der Waals surface area contributed by atoms with E-state index in [1.54, 1.807) is 45.0 Å². The van der Waals surface area contributed by atoms with E-state index in [2.05, 4.69) is 17.0 Å². The third-order valence-electron chi connectivity index (χ3n) is 5.34. The lowest BCUT2D eigenvalue weighted by Crippen LogP contribution is -2.27. The summed E-state index contributed by atoms with van der Waals surface area (Å²) in [7, 11) is 0. The monoisotopic (exact) mass is 508 g/mol. The number of carbonyl (C=O) groups excluding carboxylic acids is 2. The molecule has 1 aromatic heterocycles. The summed E-state index contributed by atoms with van der Waals surface area (Å²) < 4.78 is 16.1. The first kappa shape index (κ1) is 26.8. The average molecular weight is 509 g/mol. The van der Waals surface area contributed by atoms with E-state index in [-0.39, 0.29) is 12.6 Å². The number of nitrogens with zero attached hydrogens (tertiary/aromatic N) is 2. The first-order chi connectivity index (χ1) is 17.2. The first-order valence-corrected chi connectivity index (χ1v) is 12.0. The summed E-state index contributed by atoms with van der Waals surface area (Å²) in [5.41, 5.74) is 2.18. The van der Waals surface area contributed by atoms with Crippen molar-refractivity contribution in [1.82, 2.24) is 5.16 Å². The summed E-state index contributed by atoms with van der Waals surface area (Å²) in [4.78, 5) is 26.4. The highest BCUT2D eigenvalue weighted by Crippen LogP contribution is 2.40. The lowest BCUT2D eigenvalue weighted by Gasteiger charge is -2.23. The molecule has 188 valence electrons. The van der Waals surface area contributed by atoms with Crippen molar-refractivity contribution in [1.29, 1.82) is 0 Å². The zero-order valence-corrected chi connectivity index (χ0v) is 21.8. The second-order valence-electron chi connectivity index (χ2n) is 8.59. The van der Waals surface area contributed by atoms with Gasteiger partial charge in [0, 0.05) is 17.5 Å². The van der Waals surface area contributed by atoms with E-state index in [0.29, 0.717) is 46.4 Å². The average Bonchev–Trinajstić information content (AvgIpc) is 3.22. The van der Waals surface area contributed by atoms with Gasteiger partial charge in [0.15, 0.2) is 5.76 Å². The van der Waals surface area contributed by atoms with Gasteiger partial charge in [-0.05, 0) is 71.0 Å². The molecule has 0 spiro atoms. The van der Waals surface area contributed by atoms with E-state index in [9.17, 15) is 9.59 Å². The number of amides is 1. The Morgan fingerprint density at radius 3 is 2.36 bits per heavy atom. The van der Waals surface area contributed by atoms with Crippen molar-refractivity contribution in [3.8, 4) is 23.2 Å². The number of carbonyl (C=O) groups is 2. The second kappa shape index (κ2) is 11.8. The minimum atomic E-state index is -0.690. The normalized spacial score (nSPS) is 10.8. The number of aromatic nitrogens is 1. The number of anilines is 2. The molecule has 0 bridgehead atoms. The van der Waals surface area contributed by atoms with Crippen molar-refractivity contribution in [3.63, 3.8) is 0 Å². The maximum Gasteiger partial charge on any atom is 0.419 e. The molecule has 0 atom stereocenters. The van der Waals surface area contributed by atoms with Gasteiger partial charge in [0.2, 0.25) is 0 Å². The second-order valence-corrected chi connectivity index (χ2v) is 9.00. The van der Waals surface area contributed by atoms with Crippen LogP contribution >= 0.6 is 11.6 Å². The van der Waals surface area contributed by atoms with Gasteiger partial charge in [-0.25, -0.2) is 9.69 Å². The Hall–Kier alpha value is -3.76. The third kappa shape index (κ3) is 6.07. The van der Waals surface area contributed by atoms with E-state index < -0.39 is 11.5 Å². The number of esters is 1. The van der Waals surface area contributed by atoms with Gasteiger partial charge in [0.1, 0.15) is 11.4 Å². The van der Waals surface area contributed by atoms with Gasteiger partial charge in [-0.2, -0.15) is 0 Å². The summed E-state index contributed by atoms with van der Waals surface area (Å²) in [5, 5.41) is 4.49. The molecule has 36 heavy (non-hydrogen) atoms. The van der Waals surface area contributed by atoms with Gasteiger partial charge in [0.05, 0.1) is 29.3 Å². The molecular formula is C28H29ClN2O5. The summed E-state index contributed by atoms with van der Waals surface area (Å²) in [5.74, 6) is 6.26. The first-order valence-electron chi connectivity index (χ1n) is 11.6. The molecule has 8 heteroatoms. The minimum Gasteiger partial charge on any atom is -0.466 e. The number of ether oxygens (including phenoxy) is 2. The molecule has 0 aliphatic heterocycles. The van der Waals surface area contributed by atoms with E-state index in [1.165, 1.54) is 4.90 Å². The number of aryl methyl sites for hydroxylation is 1. The Morgan fingerprint density at radius 1 is 1.06 bits per heavy atom. The van der Waals surface area contributed by atoms with Gasteiger partial charge < -0.3 is 14.0 Å². The molecule has 0 saturated heterocycles. The van der Waals surface area contributed by atoms with Crippen molar-refractivity contribution < 1.29 is 23.6 Å². The molecule has 2 aromatic carbocycles. The molecule has 0 aliphatic carbocycles. The molecule has 1 heterocycles. The van der Waals surface area contributed by atoms with E-state index in [1.807, 2.05) is 38.1 Å². The van der Waals surface area contributed by atoms with Crippen molar-refractivity contribution >= 4 is 35.0 Å². The van der Waals surface area contributed by atoms with Crippen LogP contribution in [0.3, 0.4) is 0 Å². The van der Waals surface area contributed by atoms with Crippen molar-refractivity contribution in [2.24, 2.45) is 5.41 Å². The van der Waals surface area contributed by atoms with Gasteiger partial charge in [-0.3, -0.25) is 4.79 Å². The number of hydrogen-bond acceptors (Lipinski definition) is 6. The molecule has 0 saturated carbocycles. The predicted octanol–water partition coefficient (Wildman–Crippen LogP) is 6.93. The topological polar surface area (TPSA) is 81.9 Å². The van der Waals surface area contributed by atoms with Crippen LogP contribution in [0.1, 0.15) is 45.4 Å². The molecule has 0 fully saturated rings. The van der Waals surface area contributed by atoms with Crippen LogP contribution in [0.5, 0.6) is 0 Å². The standard InChI is InChI=1S/C28H29ClN2O5/c1-6-34-26(32)28(4,5)18-10-11-20-14-16-21(17-15-20)25-24(19(3)30-36-25)31(27(33)35-7-2)23-13-9-8-12-22(23)29/h8-9,12-17H,6-7,18H2,1-5H3. The highest BCUT2D eigenvalue weighted by molar-refractivity contribution is 6.34. The molecule has 0 aliphatic rings. The smallest absolute Gasteiger partial charge is 0.419 e. The van der Waals surface area contributed by atoms with E-state index in [0.717, 1.165) is 5.56 Å². The van der Waals surface area contributed by atoms with Crippen molar-refractivity contribution in [3.05, 3.63) is 64.8 Å². The van der Waals surface area contributed by atoms with Gasteiger partial charge in [0.25, 0.3) is 0 Å². The molecule has 3 rings (SSSR count). The number of benzene rings is 2. The van der Waals surface area contributed by atoms with E-state index >= 15 is 0 Å². The largest absolute Gasteiger partial charge is 0.466 e. The van der Waals surface area contributed by atoms with Crippen LogP contribution in [-0.2, 0) is 14.3 Å². The van der Waals surface area contributed by atoms with Crippen LogP contribution in [0.15, 0.2) is 53.1 Å². The molecule has 0 radical (unpaired) electrons. The minimum absolute atomic E-state index is 0.194. The lowest BCUT2D eigenvalue weighted by atomic mass is 9.90. The van der Waals surface area contributed by atoms with Crippen molar-refractivity contribution in [2.75, 3.05) is 18.1 Å². The van der Waals surface area contributed by atoms with Gasteiger partial charge in [-0.15, -0.1) is 0 Å². The zero-order valence-electron chi connectivity index (χ0n) is 21.1. The Kier molecular flexibility index (Phi) is 8.78. The number of rotatable bonds is 7. The summed E-state index contributed by atoms with van der Waals surface area (Å²) in [6.45, 7) is 9.41. The highest BCUT2D eigenvalue weighted by atomic mass is 35.5. The zero-order chi connectivity index (χ0) is 26.3. The quantitative estimate of drug-likeness (QED) is 0.254. The van der Waals surface area contributed by atoms with E-state index in [4.69, 9.17) is 25.6 Å². The molecule has 7 nitrogen and oxygen atoms in total. The summed E-state index contributed by atoms with van der Waals surface area (Å²) >= 11 is 6.42. The summed E-state index contributed by atoms with van der Waals surface area (Å²) in [6, 6.07) is 14.3. The molecular weight excluding hydrogens is 480 g/mol. The van der Waals surface area contributed by atoms with Crippen molar-refractivity contribution in [2.45, 2.75) is 41.0 Å². The Bertz CT molecular complexity index is 1290. The predicted molar refractivity (Wildman–Crippen MR) is 139 cm³/mol. The molecule has 1 amide bonds. The Balaban J connectivity index is 1.93. The Morgan fingerprint density at radius 2 is 1.72 bits per heavy atom. The maximum atomic E-state index is 13.0. The fraction of sp³-hybridized carbons (Fsp3) is 0.321. The third-order valence-corrected chi connectivity index (χ3v) is 5.66. The Labute approximate surface area is 216 Å². The lowest BCUT2D eigenvalue weighted by molar-refractivity contribution is -0.153. The maximum absolute atomic E-state index is 13.0. The molecule has 0 N–H and O–H groups in total. The van der Waals surface area contributed by atoms with Crippen LogP contribution in [-0.4, -0.2) is 30.4 Å². The SMILES string of the molecule is CCOC(=O)N(c1ccccc1Cl)c1c(C)noc1-c1ccc(C#CCC(C)(C)C(=O)OCC)cc1. The molecule has 0 unspecified atom stereocenters.